The third-order valence-corrected chi connectivity index (χ3v) is 2.33. The second kappa shape index (κ2) is 5.60. The summed E-state index contributed by atoms with van der Waals surface area (Å²) in [6, 6.07) is 6.70. The summed E-state index contributed by atoms with van der Waals surface area (Å²) >= 11 is 0. The number of hydrogen-bond donors (Lipinski definition) is 2. The molecule has 3 N–H and O–H groups in total. The van der Waals surface area contributed by atoms with Crippen molar-refractivity contribution in [3.63, 3.8) is 0 Å². The van der Waals surface area contributed by atoms with Gasteiger partial charge in [0.2, 0.25) is 0 Å². The second-order valence-electron chi connectivity index (χ2n) is 5.07. The summed E-state index contributed by atoms with van der Waals surface area (Å²) in [6.45, 7) is 5.42. The highest BCUT2D eigenvalue weighted by molar-refractivity contribution is 5.97. The van der Waals surface area contributed by atoms with Gasteiger partial charge in [0.15, 0.2) is 5.84 Å². The molecular weight excluding hydrogens is 246 g/mol. The van der Waals surface area contributed by atoms with Gasteiger partial charge in [-0.25, -0.2) is 4.79 Å². The average molecular weight is 265 g/mol. The van der Waals surface area contributed by atoms with Crippen LogP contribution in [0, 0.1) is 0 Å². The van der Waals surface area contributed by atoms with E-state index < -0.39 is 11.7 Å². The molecular formula is C13H19N3O3. The highest BCUT2D eigenvalue weighted by Crippen LogP contribution is 2.17. The lowest BCUT2D eigenvalue weighted by atomic mass is 10.2. The first kappa shape index (κ1) is 14.8. The fraction of sp³-hybridized carbons (Fsp3) is 0.385. The number of amides is 1. The molecule has 0 bridgehead atoms. The quantitative estimate of drug-likeness (QED) is 0.371. The number of nitrogens with zero attached hydrogens (tertiary/aromatic N) is 2. The zero-order valence-electron chi connectivity index (χ0n) is 11.5. The van der Waals surface area contributed by atoms with Gasteiger partial charge < -0.3 is 15.7 Å². The highest BCUT2D eigenvalue weighted by Gasteiger charge is 2.20. The van der Waals surface area contributed by atoms with Crippen molar-refractivity contribution in [2.45, 2.75) is 26.4 Å². The van der Waals surface area contributed by atoms with Crippen LogP contribution in [0.4, 0.5) is 10.5 Å². The number of ether oxygens (including phenoxy) is 1. The van der Waals surface area contributed by atoms with Crippen molar-refractivity contribution in [1.82, 2.24) is 0 Å². The summed E-state index contributed by atoms with van der Waals surface area (Å²) in [4.78, 5) is 13.2. The predicted octanol–water partition coefficient (Wildman–Crippen LogP) is 2.15. The van der Waals surface area contributed by atoms with Crippen LogP contribution in [0.2, 0.25) is 0 Å². The Balaban J connectivity index is 2.84. The number of hydrogen-bond acceptors (Lipinski definition) is 4. The van der Waals surface area contributed by atoms with Gasteiger partial charge in [-0.1, -0.05) is 5.16 Å². The van der Waals surface area contributed by atoms with Crippen molar-refractivity contribution in [2.75, 3.05) is 11.9 Å². The van der Waals surface area contributed by atoms with Gasteiger partial charge in [0, 0.05) is 18.3 Å². The van der Waals surface area contributed by atoms with Gasteiger partial charge in [-0.05, 0) is 45.0 Å². The minimum atomic E-state index is -0.542. The monoisotopic (exact) mass is 265 g/mol. The van der Waals surface area contributed by atoms with Gasteiger partial charge in [-0.2, -0.15) is 0 Å². The van der Waals surface area contributed by atoms with E-state index in [0.29, 0.717) is 11.3 Å². The molecule has 19 heavy (non-hydrogen) atoms. The first-order valence-corrected chi connectivity index (χ1v) is 5.79. The van der Waals surface area contributed by atoms with Gasteiger partial charge in [0.1, 0.15) is 5.60 Å². The van der Waals surface area contributed by atoms with Crippen LogP contribution in [0.15, 0.2) is 29.4 Å². The van der Waals surface area contributed by atoms with Crippen molar-refractivity contribution < 1.29 is 14.7 Å². The molecule has 0 aliphatic heterocycles. The maximum Gasteiger partial charge on any atom is 0.414 e. The van der Waals surface area contributed by atoms with Gasteiger partial charge in [-0.3, -0.25) is 4.90 Å². The van der Waals surface area contributed by atoms with Gasteiger partial charge in [0.25, 0.3) is 0 Å². The first-order chi connectivity index (χ1) is 8.74. The van der Waals surface area contributed by atoms with Crippen molar-refractivity contribution in [2.24, 2.45) is 10.9 Å². The van der Waals surface area contributed by atoms with Crippen LogP contribution in [0.1, 0.15) is 26.3 Å². The number of carbonyl (C=O) groups excluding carboxylic acids is 1. The van der Waals surface area contributed by atoms with Crippen LogP contribution in [0.5, 0.6) is 0 Å². The van der Waals surface area contributed by atoms with Crippen molar-refractivity contribution in [3.8, 4) is 0 Å². The van der Waals surface area contributed by atoms with Crippen molar-refractivity contribution >= 4 is 17.6 Å². The number of oxime groups is 1. The lowest BCUT2D eigenvalue weighted by Gasteiger charge is -2.24. The third-order valence-electron chi connectivity index (χ3n) is 2.33. The van der Waals surface area contributed by atoms with Crippen molar-refractivity contribution in [1.29, 1.82) is 0 Å². The molecule has 0 fully saturated rings. The lowest BCUT2D eigenvalue weighted by molar-refractivity contribution is 0.0589. The number of rotatable bonds is 2. The number of nitrogens with two attached hydrogens (primary N) is 1. The zero-order chi connectivity index (χ0) is 14.6. The average Bonchev–Trinajstić information content (AvgIpc) is 2.35. The second-order valence-corrected chi connectivity index (χ2v) is 5.07. The smallest absolute Gasteiger partial charge is 0.414 e. The van der Waals surface area contributed by atoms with Crippen LogP contribution in [-0.2, 0) is 4.74 Å². The third kappa shape index (κ3) is 4.17. The minimum Gasteiger partial charge on any atom is -0.443 e. The molecule has 104 valence electrons. The van der Waals surface area contributed by atoms with Crippen LogP contribution >= 0.6 is 0 Å². The predicted molar refractivity (Wildman–Crippen MR) is 73.6 cm³/mol. The van der Waals surface area contributed by atoms with E-state index in [0.717, 1.165) is 0 Å². The molecule has 0 aliphatic carbocycles. The molecule has 1 rings (SSSR count). The zero-order valence-corrected chi connectivity index (χ0v) is 11.5. The van der Waals surface area contributed by atoms with Gasteiger partial charge >= 0.3 is 6.09 Å². The summed E-state index contributed by atoms with van der Waals surface area (Å²) in [6.07, 6.45) is -0.441. The molecule has 0 atom stereocenters. The number of anilines is 1. The van der Waals surface area contributed by atoms with Gasteiger partial charge in [0.05, 0.1) is 0 Å². The van der Waals surface area contributed by atoms with Crippen LogP contribution in [0.25, 0.3) is 0 Å². The molecule has 0 spiro atoms. The Morgan fingerprint density at radius 3 is 2.26 bits per heavy atom. The summed E-state index contributed by atoms with van der Waals surface area (Å²) < 4.78 is 5.25. The Kier molecular flexibility index (Phi) is 4.37. The topological polar surface area (TPSA) is 88.2 Å². The molecule has 1 amide bonds. The number of benzene rings is 1. The molecule has 0 heterocycles. The lowest BCUT2D eigenvalue weighted by Crippen LogP contribution is -2.34. The molecule has 1 aromatic carbocycles. The molecule has 0 saturated heterocycles. The van der Waals surface area contributed by atoms with E-state index in [1.165, 1.54) is 4.90 Å². The Hall–Kier alpha value is -2.24. The fourth-order valence-electron chi connectivity index (χ4n) is 1.35. The fourth-order valence-corrected chi connectivity index (χ4v) is 1.35. The van der Waals surface area contributed by atoms with E-state index in [2.05, 4.69) is 5.16 Å². The molecule has 0 radical (unpaired) electrons. The molecule has 6 heteroatoms. The Labute approximate surface area is 112 Å². The maximum atomic E-state index is 11.8. The van der Waals surface area contributed by atoms with Crippen molar-refractivity contribution in [3.05, 3.63) is 29.8 Å². The number of carbonyl (C=O) groups is 1. The van der Waals surface area contributed by atoms with Crippen LogP contribution < -0.4 is 10.6 Å². The van der Waals surface area contributed by atoms with E-state index >= 15 is 0 Å². The summed E-state index contributed by atoms with van der Waals surface area (Å²) in [5, 5.41) is 11.5. The standard InChI is InChI=1S/C13H19N3O3/c1-13(2,3)19-12(17)16(4)10-7-5-9(6-8-10)11(14)15-18/h5-8,18H,1-4H3,(H2,14,15). The first-order valence-electron chi connectivity index (χ1n) is 5.79. The van der Waals surface area contributed by atoms with E-state index in [1.807, 2.05) is 0 Å². The Morgan fingerprint density at radius 2 is 1.84 bits per heavy atom. The SMILES string of the molecule is CN(C(=O)OC(C)(C)C)c1ccc(C(N)=NO)cc1. The Morgan fingerprint density at radius 1 is 1.32 bits per heavy atom. The normalized spacial score (nSPS) is 12.1. The van der Waals surface area contributed by atoms with E-state index in [4.69, 9.17) is 15.7 Å². The summed E-state index contributed by atoms with van der Waals surface area (Å²) in [7, 11) is 1.62. The minimum absolute atomic E-state index is 0.0199. The number of amidine groups is 1. The Bertz CT molecular complexity index is 475. The highest BCUT2D eigenvalue weighted by atomic mass is 16.6. The molecule has 0 saturated carbocycles. The van der Waals surface area contributed by atoms with E-state index in [1.54, 1.807) is 52.1 Å². The van der Waals surface area contributed by atoms with E-state index in [-0.39, 0.29) is 5.84 Å². The molecule has 0 aliphatic rings. The maximum absolute atomic E-state index is 11.8. The largest absolute Gasteiger partial charge is 0.443 e. The van der Waals surface area contributed by atoms with Crippen LogP contribution in [-0.4, -0.2) is 29.8 Å². The summed E-state index contributed by atoms with van der Waals surface area (Å²) in [5.74, 6) is 0.0199. The molecule has 1 aromatic rings. The molecule has 6 nitrogen and oxygen atoms in total. The molecule has 0 aromatic heterocycles. The van der Waals surface area contributed by atoms with Crippen LogP contribution in [0.3, 0.4) is 0 Å². The summed E-state index contributed by atoms with van der Waals surface area (Å²) in [5.41, 5.74) is 6.15. The van der Waals surface area contributed by atoms with E-state index in [9.17, 15) is 4.79 Å². The molecule has 0 unspecified atom stereocenters. The van der Waals surface area contributed by atoms with Gasteiger partial charge in [-0.15, -0.1) is 0 Å².